The second-order valence-corrected chi connectivity index (χ2v) is 6.37. The fourth-order valence-electron chi connectivity index (χ4n) is 2.83. The van der Waals surface area contributed by atoms with Gasteiger partial charge in [-0.3, -0.25) is 4.68 Å². The number of ether oxygens (including phenoxy) is 1. The van der Waals surface area contributed by atoms with E-state index in [0.29, 0.717) is 12.1 Å². The number of nitrogens with zero attached hydrogens (tertiary/aromatic N) is 2. The Morgan fingerprint density at radius 2 is 2.39 bits per heavy atom. The van der Waals surface area contributed by atoms with Gasteiger partial charge in [0.2, 0.25) is 0 Å². The quantitative estimate of drug-likeness (QED) is 0.904. The van der Waals surface area contributed by atoms with Crippen LogP contribution in [0.25, 0.3) is 0 Å². The van der Waals surface area contributed by atoms with E-state index in [1.165, 1.54) is 29.2 Å². The average molecular weight is 267 g/mol. The summed E-state index contributed by atoms with van der Waals surface area (Å²) >= 11 is 2.05. The van der Waals surface area contributed by atoms with Gasteiger partial charge in [-0.1, -0.05) is 0 Å². The van der Waals surface area contributed by atoms with E-state index in [9.17, 15) is 0 Å². The molecule has 1 aromatic rings. The molecule has 0 aliphatic carbocycles. The molecular weight excluding hydrogens is 246 g/mol. The van der Waals surface area contributed by atoms with Crippen molar-refractivity contribution in [2.24, 2.45) is 7.05 Å². The van der Waals surface area contributed by atoms with Gasteiger partial charge in [-0.2, -0.15) is 16.9 Å². The fraction of sp³-hybridized carbons (Fsp3) is 0.769. The molecule has 2 aliphatic heterocycles. The van der Waals surface area contributed by atoms with Crippen molar-refractivity contribution in [3.63, 3.8) is 0 Å². The molecule has 2 aliphatic rings. The Morgan fingerprint density at radius 3 is 3.06 bits per heavy atom. The van der Waals surface area contributed by atoms with Gasteiger partial charge in [-0.15, -0.1) is 0 Å². The third-order valence-electron chi connectivity index (χ3n) is 4.05. The molecule has 0 aromatic carbocycles. The second-order valence-electron chi connectivity index (χ2n) is 5.22. The summed E-state index contributed by atoms with van der Waals surface area (Å²) in [6.07, 6.45) is 4.55. The van der Waals surface area contributed by atoms with Crippen LogP contribution < -0.4 is 5.32 Å². The fourth-order valence-corrected chi connectivity index (χ4v) is 4.00. The zero-order chi connectivity index (χ0) is 12.5. The predicted octanol–water partition coefficient (Wildman–Crippen LogP) is 1.65. The molecule has 0 amide bonds. The van der Waals surface area contributed by atoms with Crippen LogP contribution in [0.15, 0.2) is 6.20 Å². The molecule has 0 radical (unpaired) electrons. The highest BCUT2D eigenvalue weighted by molar-refractivity contribution is 7.99. The molecular formula is C13H21N3OS. The standard InChI is InChI=1S/C13H21N3OS/c1-9-11(7-14-16(9)2)13-12(3-5-17-13)15-10-4-6-18-8-10/h7,10,12-13,15H,3-6,8H2,1-2H3/t10-,12+,13-/m1/s1. The first-order valence-electron chi connectivity index (χ1n) is 6.69. The largest absolute Gasteiger partial charge is 0.372 e. The van der Waals surface area contributed by atoms with Crippen molar-refractivity contribution in [1.29, 1.82) is 0 Å². The molecule has 2 saturated heterocycles. The van der Waals surface area contributed by atoms with Gasteiger partial charge in [0.25, 0.3) is 0 Å². The SMILES string of the molecule is Cc1c([C@H]2OCC[C@@H]2N[C@@H]2CCSC2)cnn1C. The van der Waals surface area contributed by atoms with Crippen molar-refractivity contribution in [3.8, 4) is 0 Å². The van der Waals surface area contributed by atoms with Crippen LogP contribution in [0.3, 0.4) is 0 Å². The molecule has 18 heavy (non-hydrogen) atoms. The minimum atomic E-state index is 0.185. The third-order valence-corrected chi connectivity index (χ3v) is 5.21. The predicted molar refractivity (Wildman–Crippen MR) is 73.9 cm³/mol. The Bertz CT molecular complexity index is 414. The van der Waals surface area contributed by atoms with Gasteiger partial charge >= 0.3 is 0 Å². The summed E-state index contributed by atoms with van der Waals surface area (Å²) in [6.45, 7) is 2.98. The van der Waals surface area contributed by atoms with Crippen molar-refractivity contribution in [2.75, 3.05) is 18.1 Å². The average Bonchev–Trinajstić information content (AvgIpc) is 3.06. The van der Waals surface area contributed by atoms with Crippen LogP contribution in [0.1, 0.15) is 30.2 Å². The van der Waals surface area contributed by atoms with Gasteiger partial charge < -0.3 is 10.1 Å². The maximum absolute atomic E-state index is 5.93. The zero-order valence-corrected chi connectivity index (χ0v) is 11.9. The maximum Gasteiger partial charge on any atom is 0.101 e. The highest BCUT2D eigenvalue weighted by Crippen LogP contribution is 2.32. The Balaban J connectivity index is 1.72. The topological polar surface area (TPSA) is 39.1 Å². The molecule has 0 bridgehead atoms. The summed E-state index contributed by atoms with van der Waals surface area (Å²) in [6, 6.07) is 1.12. The Morgan fingerprint density at radius 1 is 1.50 bits per heavy atom. The minimum absolute atomic E-state index is 0.185. The van der Waals surface area contributed by atoms with Gasteiger partial charge in [-0.25, -0.2) is 0 Å². The van der Waals surface area contributed by atoms with E-state index in [1.54, 1.807) is 0 Å². The molecule has 0 saturated carbocycles. The molecule has 100 valence electrons. The van der Waals surface area contributed by atoms with Crippen LogP contribution in [0, 0.1) is 6.92 Å². The smallest absolute Gasteiger partial charge is 0.101 e. The normalized spacial score (nSPS) is 32.2. The minimum Gasteiger partial charge on any atom is -0.372 e. The van der Waals surface area contributed by atoms with Crippen LogP contribution in [0.4, 0.5) is 0 Å². The molecule has 1 N–H and O–H groups in total. The van der Waals surface area contributed by atoms with Gasteiger partial charge in [-0.05, 0) is 25.5 Å². The van der Waals surface area contributed by atoms with Crippen molar-refractivity contribution in [3.05, 3.63) is 17.5 Å². The second kappa shape index (κ2) is 5.23. The molecule has 4 nitrogen and oxygen atoms in total. The lowest BCUT2D eigenvalue weighted by molar-refractivity contribution is 0.0964. The van der Waals surface area contributed by atoms with E-state index in [-0.39, 0.29) is 6.10 Å². The highest BCUT2D eigenvalue weighted by Gasteiger charge is 2.33. The van der Waals surface area contributed by atoms with Crippen LogP contribution in [-0.2, 0) is 11.8 Å². The highest BCUT2D eigenvalue weighted by atomic mass is 32.2. The Kier molecular flexibility index (Phi) is 3.63. The van der Waals surface area contributed by atoms with Gasteiger partial charge in [0.1, 0.15) is 6.10 Å². The molecule has 2 fully saturated rings. The van der Waals surface area contributed by atoms with Crippen molar-refractivity contribution >= 4 is 11.8 Å². The number of aryl methyl sites for hydroxylation is 1. The van der Waals surface area contributed by atoms with E-state index in [2.05, 4.69) is 29.1 Å². The molecule has 0 spiro atoms. The van der Waals surface area contributed by atoms with Crippen LogP contribution >= 0.6 is 11.8 Å². The first-order chi connectivity index (χ1) is 8.75. The number of hydrogen-bond acceptors (Lipinski definition) is 4. The summed E-state index contributed by atoms with van der Waals surface area (Å²) in [7, 11) is 1.99. The van der Waals surface area contributed by atoms with E-state index >= 15 is 0 Å². The van der Waals surface area contributed by atoms with Crippen molar-refractivity contribution in [2.45, 2.75) is 38.0 Å². The van der Waals surface area contributed by atoms with E-state index in [4.69, 9.17) is 4.74 Å². The van der Waals surface area contributed by atoms with Crippen molar-refractivity contribution in [1.82, 2.24) is 15.1 Å². The lowest BCUT2D eigenvalue weighted by atomic mass is 10.0. The lowest BCUT2D eigenvalue weighted by Gasteiger charge is -2.23. The maximum atomic E-state index is 5.93. The number of nitrogens with one attached hydrogen (secondary N) is 1. The van der Waals surface area contributed by atoms with Gasteiger partial charge in [0.05, 0.1) is 6.20 Å². The Hall–Kier alpha value is -0.520. The molecule has 3 rings (SSSR count). The summed E-state index contributed by atoms with van der Waals surface area (Å²) < 4.78 is 7.86. The van der Waals surface area contributed by atoms with E-state index in [0.717, 1.165) is 13.0 Å². The number of hydrogen-bond donors (Lipinski definition) is 1. The first-order valence-corrected chi connectivity index (χ1v) is 7.85. The molecule has 1 aromatic heterocycles. The van der Waals surface area contributed by atoms with Crippen LogP contribution in [0.5, 0.6) is 0 Å². The molecule has 3 atom stereocenters. The van der Waals surface area contributed by atoms with Gasteiger partial charge in [0, 0.05) is 42.7 Å². The Labute approximate surface area is 112 Å². The third kappa shape index (κ3) is 2.31. The molecule has 5 heteroatoms. The monoisotopic (exact) mass is 267 g/mol. The van der Waals surface area contributed by atoms with Crippen LogP contribution in [-0.4, -0.2) is 40.0 Å². The molecule has 3 heterocycles. The summed E-state index contributed by atoms with van der Waals surface area (Å²) in [5.41, 5.74) is 2.47. The van der Waals surface area contributed by atoms with Crippen LogP contribution in [0.2, 0.25) is 0 Å². The number of thioether (sulfide) groups is 1. The lowest BCUT2D eigenvalue weighted by Crippen LogP contribution is -2.40. The first kappa shape index (κ1) is 12.5. The number of aromatic nitrogens is 2. The van der Waals surface area contributed by atoms with E-state index < -0.39 is 0 Å². The van der Waals surface area contributed by atoms with Gasteiger partial charge in [0.15, 0.2) is 0 Å². The summed E-state index contributed by atoms with van der Waals surface area (Å²) in [5, 5.41) is 8.11. The summed E-state index contributed by atoms with van der Waals surface area (Å²) in [4.78, 5) is 0. The van der Waals surface area contributed by atoms with Crippen molar-refractivity contribution < 1.29 is 4.74 Å². The van der Waals surface area contributed by atoms with E-state index in [1.807, 2.05) is 17.9 Å². The molecule has 0 unspecified atom stereocenters. The zero-order valence-electron chi connectivity index (χ0n) is 11.1. The summed E-state index contributed by atoms with van der Waals surface area (Å²) in [5.74, 6) is 2.54. The number of rotatable bonds is 3.